The van der Waals surface area contributed by atoms with Crippen LogP contribution in [0.1, 0.15) is 22.8 Å². The van der Waals surface area contributed by atoms with Gasteiger partial charge in [0.05, 0.1) is 11.9 Å². The summed E-state index contributed by atoms with van der Waals surface area (Å²) in [6, 6.07) is 4.85. The SMILES string of the molecule is CC(=O)c1ccc(NS(C)(=O)=O)c(C)c1. The molecule has 1 aromatic rings. The van der Waals surface area contributed by atoms with Crippen LogP contribution in [0.2, 0.25) is 0 Å². The van der Waals surface area contributed by atoms with Gasteiger partial charge in [-0.3, -0.25) is 9.52 Å². The van der Waals surface area contributed by atoms with Crippen molar-refractivity contribution in [3.05, 3.63) is 29.3 Å². The maximum absolute atomic E-state index is 11.1. The average molecular weight is 227 g/mol. The first-order valence-corrected chi connectivity index (χ1v) is 6.28. The predicted molar refractivity (Wildman–Crippen MR) is 59.7 cm³/mol. The number of anilines is 1. The molecule has 0 atom stereocenters. The number of ketones is 1. The monoisotopic (exact) mass is 227 g/mol. The molecule has 0 spiro atoms. The third-order valence-electron chi connectivity index (χ3n) is 1.93. The van der Waals surface area contributed by atoms with Crippen LogP contribution in [0.5, 0.6) is 0 Å². The number of nitrogens with one attached hydrogen (secondary N) is 1. The Kier molecular flexibility index (Phi) is 3.14. The molecule has 0 aromatic heterocycles. The Morgan fingerprint density at radius 2 is 1.93 bits per heavy atom. The van der Waals surface area contributed by atoms with E-state index < -0.39 is 10.0 Å². The fourth-order valence-corrected chi connectivity index (χ4v) is 1.83. The van der Waals surface area contributed by atoms with E-state index in [0.29, 0.717) is 11.3 Å². The first kappa shape index (κ1) is 11.7. The van der Waals surface area contributed by atoms with Crippen molar-refractivity contribution in [1.29, 1.82) is 0 Å². The molecular formula is C10H13NO3S. The molecular weight excluding hydrogens is 214 g/mol. The topological polar surface area (TPSA) is 63.2 Å². The second kappa shape index (κ2) is 4.02. The number of hydrogen-bond acceptors (Lipinski definition) is 3. The van der Waals surface area contributed by atoms with Crippen molar-refractivity contribution >= 4 is 21.5 Å². The van der Waals surface area contributed by atoms with E-state index in [1.807, 2.05) is 0 Å². The van der Waals surface area contributed by atoms with E-state index in [2.05, 4.69) is 4.72 Å². The summed E-state index contributed by atoms with van der Waals surface area (Å²) in [6.45, 7) is 3.22. The maximum Gasteiger partial charge on any atom is 0.229 e. The smallest absolute Gasteiger partial charge is 0.229 e. The summed E-state index contributed by atoms with van der Waals surface area (Å²) >= 11 is 0. The van der Waals surface area contributed by atoms with Crippen LogP contribution in [0.4, 0.5) is 5.69 Å². The highest BCUT2D eigenvalue weighted by Crippen LogP contribution is 2.17. The van der Waals surface area contributed by atoms with Crippen LogP contribution in [0.25, 0.3) is 0 Å². The Bertz CT molecular complexity index is 491. The van der Waals surface area contributed by atoms with Gasteiger partial charge in [0, 0.05) is 5.56 Å². The number of benzene rings is 1. The van der Waals surface area contributed by atoms with Gasteiger partial charge in [-0.15, -0.1) is 0 Å². The Labute approximate surface area is 89.4 Å². The first-order chi connectivity index (χ1) is 6.79. The van der Waals surface area contributed by atoms with E-state index >= 15 is 0 Å². The highest BCUT2D eigenvalue weighted by molar-refractivity contribution is 7.92. The second-order valence-electron chi connectivity index (χ2n) is 3.46. The van der Waals surface area contributed by atoms with E-state index in [4.69, 9.17) is 0 Å². The minimum absolute atomic E-state index is 0.0380. The van der Waals surface area contributed by atoms with E-state index in [0.717, 1.165) is 11.8 Å². The lowest BCUT2D eigenvalue weighted by Gasteiger charge is -2.08. The van der Waals surface area contributed by atoms with Crippen molar-refractivity contribution in [2.24, 2.45) is 0 Å². The lowest BCUT2D eigenvalue weighted by Crippen LogP contribution is -2.10. The maximum atomic E-state index is 11.1. The van der Waals surface area contributed by atoms with E-state index in [9.17, 15) is 13.2 Å². The van der Waals surface area contributed by atoms with Gasteiger partial charge in [0.1, 0.15) is 0 Å². The minimum atomic E-state index is -3.27. The minimum Gasteiger partial charge on any atom is -0.295 e. The lowest BCUT2D eigenvalue weighted by atomic mass is 10.1. The van der Waals surface area contributed by atoms with Gasteiger partial charge in [-0.2, -0.15) is 0 Å². The molecule has 0 bridgehead atoms. The molecule has 0 amide bonds. The van der Waals surface area contributed by atoms with Crippen LogP contribution in [0.15, 0.2) is 18.2 Å². The number of hydrogen-bond donors (Lipinski definition) is 1. The first-order valence-electron chi connectivity index (χ1n) is 4.39. The number of aryl methyl sites for hydroxylation is 1. The molecule has 15 heavy (non-hydrogen) atoms. The molecule has 5 heteroatoms. The third-order valence-corrected chi connectivity index (χ3v) is 2.52. The van der Waals surface area contributed by atoms with Crippen LogP contribution in [-0.4, -0.2) is 20.5 Å². The van der Waals surface area contributed by atoms with Gasteiger partial charge >= 0.3 is 0 Å². The quantitative estimate of drug-likeness (QED) is 0.797. The molecule has 1 rings (SSSR count). The van der Waals surface area contributed by atoms with Gasteiger partial charge in [-0.1, -0.05) is 0 Å². The zero-order chi connectivity index (χ0) is 11.6. The third kappa shape index (κ3) is 3.36. The van der Waals surface area contributed by atoms with Gasteiger partial charge < -0.3 is 0 Å². The fourth-order valence-electron chi connectivity index (χ4n) is 1.20. The van der Waals surface area contributed by atoms with Crippen molar-refractivity contribution < 1.29 is 13.2 Å². The summed E-state index contributed by atoms with van der Waals surface area (Å²) in [6.07, 6.45) is 1.09. The van der Waals surface area contributed by atoms with Gasteiger partial charge in [0.15, 0.2) is 5.78 Å². The summed E-state index contributed by atoms with van der Waals surface area (Å²) in [4.78, 5) is 11.1. The van der Waals surface area contributed by atoms with Gasteiger partial charge in [0.25, 0.3) is 0 Å². The fraction of sp³-hybridized carbons (Fsp3) is 0.300. The van der Waals surface area contributed by atoms with Gasteiger partial charge in [-0.25, -0.2) is 8.42 Å². The number of carbonyl (C=O) groups excluding carboxylic acids is 1. The molecule has 0 unspecified atom stereocenters. The molecule has 0 heterocycles. The van der Waals surface area contributed by atoms with Crippen molar-refractivity contribution in [2.75, 3.05) is 11.0 Å². The summed E-state index contributed by atoms with van der Waals surface area (Å²) in [5, 5.41) is 0. The zero-order valence-electron chi connectivity index (χ0n) is 8.87. The molecule has 0 radical (unpaired) electrons. The Morgan fingerprint density at radius 1 is 1.33 bits per heavy atom. The van der Waals surface area contributed by atoms with E-state index in [-0.39, 0.29) is 5.78 Å². The van der Waals surface area contributed by atoms with Crippen LogP contribution in [-0.2, 0) is 10.0 Å². The normalized spacial score (nSPS) is 11.1. The van der Waals surface area contributed by atoms with Gasteiger partial charge in [-0.05, 0) is 37.6 Å². The number of rotatable bonds is 3. The van der Waals surface area contributed by atoms with Crippen molar-refractivity contribution in [1.82, 2.24) is 0 Å². The average Bonchev–Trinajstić information content (AvgIpc) is 2.05. The zero-order valence-corrected chi connectivity index (χ0v) is 9.68. The van der Waals surface area contributed by atoms with Crippen molar-refractivity contribution in [3.63, 3.8) is 0 Å². The lowest BCUT2D eigenvalue weighted by molar-refractivity contribution is 0.101. The summed E-state index contributed by atoms with van der Waals surface area (Å²) in [7, 11) is -3.27. The molecule has 0 aliphatic carbocycles. The predicted octanol–water partition coefficient (Wildman–Crippen LogP) is 1.57. The summed E-state index contributed by atoms with van der Waals surface area (Å²) < 4.78 is 24.4. The second-order valence-corrected chi connectivity index (χ2v) is 5.21. The van der Waals surface area contributed by atoms with Crippen LogP contribution >= 0.6 is 0 Å². The molecule has 82 valence electrons. The highest BCUT2D eigenvalue weighted by atomic mass is 32.2. The van der Waals surface area contributed by atoms with Crippen molar-refractivity contribution in [3.8, 4) is 0 Å². The Balaban J connectivity index is 3.09. The summed E-state index contributed by atoms with van der Waals surface area (Å²) in [5.41, 5.74) is 1.81. The van der Waals surface area contributed by atoms with Crippen LogP contribution in [0, 0.1) is 6.92 Å². The van der Waals surface area contributed by atoms with Gasteiger partial charge in [0.2, 0.25) is 10.0 Å². The Morgan fingerprint density at radius 3 is 2.33 bits per heavy atom. The van der Waals surface area contributed by atoms with Crippen LogP contribution < -0.4 is 4.72 Å². The molecule has 4 nitrogen and oxygen atoms in total. The molecule has 0 aliphatic rings. The van der Waals surface area contributed by atoms with E-state index in [1.165, 1.54) is 6.92 Å². The molecule has 0 saturated heterocycles. The Hall–Kier alpha value is -1.36. The molecule has 1 N–H and O–H groups in total. The molecule has 0 saturated carbocycles. The molecule has 0 fully saturated rings. The summed E-state index contributed by atoms with van der Waals surface area (Å²) in [5.74, 6) is -0.0380. The molecule has 0 aliphatic heterocycles. The highest BCUT2D eigenvalue weighted by Gasteiger charge is 2.06. The largest absolute Gasteiger partial charge is 0.295 e. The number of sulfonamides is 1. The van der Waals surface area contributed by atoms with Crippen molar-refractivity contribution in [2.45, 2.75) is 13.8 Å². The number of Topliss-reactive ketones (excluding diaryl/α,β-unsaturated/α-hetero) is 1. The number of carbonyl (C=O) groups is 1. The standard InChI is InChI=1S/C10H13NO3S/c1-7-6-9(8(2)12)4-5-10(7)11-15(3,13)14/h4-6,11H,1-3H3. The molecule has 1 aromatic carbocycles. The van der Waals surface area contributed by atoms with Crippen LogP contribution in [0.3, 0.4) is 0 Å². The van der Waals surface area contributed by atoms with E-state index in [1.54, 1.807) is 25.1 Å².